The Morgan fingerprint density at radius 1 is 1.00 bits per heavy atom. The maximum absolute atomic E-state index is 13.4. The SMILES string of the molecule is CCn1c2ccc(CC3CC3)cc2c2cc(C(=O)N[C@H](COC)c3ccc(S(=O)(=O)CC)cc3)ccc21. The van der Waals surface area contributed by atoms with E-state index in [0.29, 0.717) is 5.56 Å². The van der Waals surface area contributed by atoms with Crippen molar-refractivity contribution < 1.29 is 17.9 Å². The number of carbonyl (C=O) groups is 1. The van der Waals surface area contributed by atoms with Gasteiger partial charge in [-0.1, -0.05) is 25.1 Å². The molecule has 5 rings (SSSR count). The van der Waals surface area contributed by atoms with E-state index in [-0.39, 0.29) is 23.2 Å². The van der Waals surface area contributed by atoms with Crippen molar-refractivity contribution in [3.63, 3.8) is 0 Å². The Hall–Kier alpha value is -3.16. The fraction of sp³-hybridized carbons (Fsp3) is 0.367. The number of fused-ring (bicyclic) bond motifs is 3. The number of aromatic nitrogens is 1. The fourth-order valence-electron chi connectivity index (χ4n) is 5.12. The summed E-state index contributed by atoms with van der Waals surface area (Å²) in [7, 11) is -1.70. The fourth-order valence-corrected chi connectivity index (χ4v) is 6.00. The highest BCUT2D eigenvalue weighted by Crippen LogP contribution is 2.35. The summed E-state index contributed by atoms with van der Waals surface area (Å²) < 4.78 is 32.0. The van der Waals surface area contributed by atoms with Crippen molar-refractivity contribution in [1.82, 2.24) is 9.88 Å². The number of nitrogens with zero attached hydrogens (tertiary/aromatic N) is 1. The van der Waals surface area contributed by atoms with Crippen LogP contribution in [0.3, 0.4) is 0 Å². The molecule has 0 bridgehead atoms. The maximum atomic E-state index is 13.4. The van der Waals surface area contributed by atoms with Crippen LogP contribution in [0.1, 0.15) is 54.2 Å². The molecule has 0 saturated heterocycles. The molecule has 194 valence electrons. The summed E-state index contributed by atoms with van der Waals surface area (Å²) in [5.74, 6) is 0.664. The molecule has 0 aliphatic heterocycles. The molecule has 1 heterocycles. The van der Waals surface area contributed by atoms with E-state index in [1.54, 1.807) is 38.3 Å². The standard InChI is InChI=1S/C30H34N2O4S/c1-4-32-28-14-8-21(16-20-6-7-20)17-25(28)26-18-23(11-15-29(26)32)30(33)31-27(19-36-3)22-9-12-24(13-10-22)37(34,35)5-2/h8-15,17-18,20,27H,4-7,16,19H2,1-3H3,(H,31,33)/t27-/m1/s1. The predicted molar refractivity (Wildman–Crippen MR) is 148 cm³/mol. The van der Waals surface area contributed by atoms with Crippen molar-refractivity contribution in [2.45, 2.75) is 50.6 Å². The van der Waals surface area contributed by atoms with E-state index in [1.165, 1.54) is 29.3 Å². The third kappa shape index (κ3) is 5.15. The van der Waals surface area contributed by atoms with Crippen LogP contribution in [0.4, 0.5) is 0 Å². The number of methoxy groups -OCH3 is 1. The van der Waals surface area contributed by atoms with Gasteiger partial charge < -0.3 is 14.6 Å². The van der Waals surface area contributed by atoms with Crippen LogP contribution in [-0.2, 0) is 27.5 Å². The highest BCUT2D eigenvalue weighted by Gasteiger charge is 2.23. The number of rotatable bonds is 10. The van der Waals surface area contributed by atoms with E-state index in [4.69, 9.17) is 4.74 Å². The lowest BCUT2D eigenvalue weighted by Crippen LogP contribution is -2.31. The van der Waals surface area contributed by atoms with Gasteiger partial charge in [0, 0.05) is 41.0 Å². The number of nitrogens with one attached hydrogen (secondary N) is 1. The van der Waals surface area contributed by atoms with Gasteiger partial charge in [-0.2, -0.15) is 0 Å². The zero-order chi connectivity index (χ0) is 26.2. The van der Waals surface area contributed by atoms with Crippen molar-refractivity contribution in [3.05, 3.63) is 77.4 Å². The van der Waals surface area contributed by atoms with Gasteiger partial charge in [0.05, 0.1) is 23.3 Å². The minimum Gasteiger partial charge on any atom is -0.382 e. The normalized spacial score (nSPS) is 14.8. The monoisotopic (exact) mass is 518 g/mol. The molecule has 0 spiro atoms. The van der Waals surface area contributed by atoms with E-state index in [9.17, 15) is 13.2 Å². The molecule has 1 N–H and O–H groups in total. The average Bonchev–Trinajstić information content (AvgIpc) is 3.68. The molecule has 7 heteroatoms. The number of hydrogen-bond donors (Lipinski definition) is 1. The highest BCUT2D eigenvalue weighted by atomic mass is 32.2. The Labute approximate surface area is 218 Å². The Morgan fingerprint density at radius 3 is 2.30 bits per heavy atom. The molecule has 0 unspecified atom stereocenters. The minimum atomic E-state index is -3.29. The van der Waals surface area contributed by atoms with Gasteiger partial charge in [-0.3, -0.25) is 4.79 Å². The minimum absolute atomic E-state index is 0.0452. The topological polar surface area (TPSA) is 77.4 Å². The number of benzene rings is 3. The van der Waals surface area contributed by atoms with E-state index < -0.39 is 15.9 Å². The number of aryl methyl sites for hydroxylation is 1. The molecule has 1 atom stereocenters. The van der Waals surface area contributed by atoms with Gasteiger partial charge in [0.2, 0.25) is 0 Å². The summed E-state index contributed by atoms with van der Waals surface area (Å²) in [6, 6.07) is 18.9. The third-order valence-electron chi connectivity index (χ3n) is 7.39. The van der Waals surface area contributed by atoms with Crippen molar-refractivity contribution in [2.75, 3.05) is 19.5 Å². The van der Waals surface area contributed by atoms with E-state index in [1.807, 2.05) is 18.2 Å². The van der Waals surface area contributed by atoms with Crippen LogP contribution in [0.5, 0.6) is 0 Å². The van der Waals surface area contributed by atoms with Crippen LogP contribution in [0.2, 0.25) is 0 Å². The van der Waals surface area contributed by atoms with Crippen LogP contribution < -0.4 is 5.32 Å². The van der Waals surface area contributed by atoms with Crippen molar-refractivity contribution in [1.29, 1.82) is 0 Å². The number of sulfone groups is 1. The van der Waals surface area contributed by atoms with Crippen molar-refractivity contribution >= 4 is 37.6 Å². The summed E-state index contributed by atoms with van der Waals surface area (Å²) in [4.78, 5) is 13.7. The molecule has 1 aliphatic rings. The van der Waals surface area contributed by atoms with Gasteiger partial charge in [0.15, 0.2) is 9.84 Å². The second-order valence-corrected chi connectivity index (χ2v) is 12.2. The summed E-state index contributed by atoms with van der Waals surface area (Å²) >= 11 is 0. The molecule has 0 radical (unpaired) electrons. The first-order chi connectivity index (χ1) is 17.8. The molecule has 1 amide bonds. The van der Waals surface area contributed by atoms with Gasteiger partial charge in [0.25, 0.3) is 5.91 Å². The van der Waals surface area contributed by atoms with Crippen molar-refractivity contribution in [3.8, 4) is 0 Å². The van der Waals surface area contributed by atoms with Crippen LogP contribution >= 0.6 is 0 Å². The average molecular weight is 519 g/mol. The van der Waals surface area contributed by atoms with E-state index in [2.05, 4.69) is 35.0 Å². The third-order valence-corrected chi connectivity index (χ3v) is 9.14. The summed E-state index contributed by atoms with van der Waals surface area (Å²) in [5.41, 5.74) is 5.04. The Bertz CT molecular complexity index is 1550. The summed E-state index contributed by atoms with van der Waals surface area (Å²) in [5, 5.41) is 5.35. The first kappa shape index (κ1) is 25.5. The molecule has 1 saturated carbocycles. The van der Waals surface area contributed by atoms with Gasteiger partial charge in [-0.15, -0.1) is 0 Å². The molecule has 3 aromatic carbocycles. The van der Waals surface area contributed by atoms with Crippen LogP contribution in [0.15, 0.2) is 65.6 Å². The maximum Gasteiger partial charge on any atom is 0.251 e. The number of carbonyl (C=O) groups excluding carboxylic acids is 1. The zero-order valence-electron chi connectivity index (χ0n) is 21.7. The van der Waals surface area contributed by atoms with Gasteiger partial charge >= 0.3 is 0 Å². The molecule has 4 aromatic rings. The molecular weight excluding hydrogens is 484 g/mol. The van der Waals surface area contributed by atoms with Crippen LogP contribution in [-0.4, -0.2) is 38.4 Å². The van der Waals surface area contributed by atoms with E-state index >= 15 is 0 Å². The molecule has 37 heavy (non-hydrogen) atoms. The lowest BCUT2D eigenvalue weighted by Gasteiger charge is -2.19. The predicted octanol–water partition coefficient (Wildman–Crippen LogP) is 5.68. The Kier molecular flexibility index (Phi) is 7.10. The van der Waals surface area contributed by atoms with Crippen LogP contribution in [0.25, 0.3) is 21.8 Å². The number of ether oxygens (including phenoxy) is 1. The summed E-state index contributed by atoms with van der Waals surface area (Å²) in [6.07, 6.45) is 3.75. The molecule has 6 nitrogen and oxygen atoms in total. The summed E-state index contributed by atoms with van der Waals surface area (Å²) in [6.45, 7) is 4.89. The molecular formula is C30H34N2O4S. The Morgan fingerprint density at radius 2 is 1.68 bits per heavy atom. The zero-order valence-corrected chi connectivity index (χ0v) is 22.5. The smallest absolute Gasteiger partial charge is 0.251 e. The molecule has 1 aromatic heterocycles. The quantitative estimate of drug-likeness (QED) is 0.293. The second kappa shape index (κ2) is 10.3. The lowest BCUT2D eigenvalue weighted by atomic mass is 10.0. The van der Waals surface area contributed by atoms with Crippen LogP contribution in [0, 0.1) is 5.92 Å². The van der Waals surface area contributed by atoms with Crippen molar-refractivity contribution in [2.24, 2.45) is 5.92 Å². The number of hydrogen-bond acceptors (Lipinski definition) is 4. The lowest BCUT2D eigenvalue weighted by molar-refractivity contribution is 0.0896. The highest BCUT2D eigenvalue weighted by molar-refractivity contribution is 7.91. The first-order valence-electron chi connectivity index (χ1n) is 13.0. The molecule has 1 fully saturated rings. The number of amides is 1. The Balaban J connectivity index is 1.45. The second-order valence-electron chi connectivity index (χ2n) is 9.93. The molecule has 1 aliphatic carbocycles. The first-order valence-corrected chi connectivity index (χ1v) is 14.7. The van der Waals surface area contributed by atoms with Gasteiger partial charge in [0.1, 0.15) is 0 Å². The van der Waals surface area contributed by atoms with E-state index in [0.717, 1.165) is 35.3 Å². The van der Waals surface area contributed by atoms with Gasteiger partial charge in [-0.05, 0) is 85.7 Å². The largest absolute Gasteiger partial charge is 0.382 e. The van der Waals surface area contributed by atoms with Gasteiger partial charge in [-0.25, -0.2) is 8.42 Å².